The lowest BCUT2D eigenvalue weighted by Gasteiger charge is -2.28. The van der Waals surface area contributed by atoms with Crippen molar-refractivity contribution in [2.75, 3.05) is 6.61 Å². The van der Waals surface area contributed by atoms with Gasteiger partial charge >= 0.3 is 0 Å². The number of aliphatic hydroxyl groups is 3. The highest BCUT2D eigenvalue weighted by atomic mass is 16.6. The smallest absolute Gasteiger partial charge is 0.171 e. The molecule has 6 heteroatoms. The zero-order valence-electron chi connectivity index (χ0n) is 10.8. The Bertz CT molecular complexity index is 641. The van der Waals surface area contributed by atoms with Gasteiger partial charge in [-0.15, -0.1) is 0 Å². The largest absolute Gasteiger partial charge is 0.394 e. The maximum Gasteiger partial charge on any atom is 0.171 e. The Morgan fingerprint density at radius 2 is 2.20 bits per heavy atom. The van der Waals surface area contributed by atoms with Crippen molar-refractivity contribution >= 4 is 11.0 Å². The number of aliphatic hydroxyl groups excluding tert-OH is 2. The van der Waals surface area contributed by atoms with Crippen LogP contribution in [-0.2, 0) is 4.74 Å². The minimum absolute atomic E-state index is 0.388. The summed E-state index contributed by atoms with van der Waals surface area (Å²) >= 11 is 0. The number of aromatic nitrogens is 2. The maximum atomic E-state index is 10.6. The molecule has 0 unspecified atom stereocenters. The summed E-state index contributed by atoms with van der Waals surface area (Å²) in [5.74, 6) is 0. The van der Waals surface area contributed by atoms with Crippen LogP contribution in [0.5, 0.6) is 0 Å². The Morgan fingerprint density at radius 1 is 1.45 bits per heavy atom. The molecule has 1 aliphatic rings. The van der Waals surface area contributed by atoms with Crippen LogP contribution >= 0.6 is 0 Å². The van der Waals surface area contributed by atoms with Gasteiger partial charge in [-0.05, 0) is 12.1 Å². The summed E-state index contributed by atoms with van der Waals surface area (Å²) in [4.78, 5) is 4.23. The molecule has 0 spiro atoms. The van der Waals surface area contributed by atoms with Gasteiger partial charge in [-0.2, -0.15) is 0 Å². The molecule has 1 aromatic heterocycles. The molecule has 20 heavy (non-hydrogen) atoms. The van der Waals surface area contributed by atoms with Gasteiger partial charge in [0.05, 0.1) is 24.0 Å². The number of imidazole rings is 1. The van der Waals surface area contributed by atoms with Crippen LogP contribution in [0.25, 0.3) is 11.0 Å². The first-order valence-electron chi connectivity index (χ1n) is 6.33. The molecule has 1 aliphatic heterocycles. The van der Waals surface area contributed by atoms with Crippen molar-refractivity contribution in [2.45, 2.75) is 24.0 Å². The molecular weight excluding hydrogens is 260 g/mol. The van der Waals surface area contributed by atoms with Crippen molar-refractivity contribution in [3.63, 3.8) is 0 Å². The van der Waals surface area contributed by atoms with E-state index in [1.165, 1.54) is 12.4 Å². The molecular formula is C14H16N2O4. The molecule has 2 aromatic rings. The van der Waals surface area contributed by atoms with Gasteiger partial charge in [-0.1, -0.05) is 24.8 Å². The van der Waals surface area contributed by atoms with Crippen molar-refractivity contribution < 1.29 is 20.1 Å². The van der Waals surface area contributed by atoms with Gasteiger partial charge < -0.3 is 24.6 Å². The molecule has 0 amide bonds. The van der Waals surface area contributed by atoms with E-state index >= 15 is 0 Å². The number of hydrogen-bond donors (Lipinski definition) is 3. The highest BCUT2D eigenvalue weighted by Gasteiger charge is 2.54. The van der Waals surface area contributed by atoms with Crippen LogP contribution in [0.2, 0.25) is 0 Å². The van der Waals surface area contributed by atoms with Crippen LogP contribution in [0.4, 0.5) is 0 Å². The number of benzene rings is 1. The Hall–Kier alpha value is -1.73. The van der Waals surface area contributed by atoms with E-state index in [0.29, 0.717) is 0 Å². The summed E-state index contributed by atoms with van der Waals surface area (Å²) in [7, 11) is 0. The normalized spacial score (nSPS) is 33.6. The van der Waals surface area contributed by atoms with Crippen LogP contribution in [0, 0.1) is 0 Å². The van der Waals surface area contributed by atoms with E-state index in [9.17, 15) is 15.3 Å². The standard InChI is InChI=1S/C14H16N2O4/c1-2-14(19)12(18)11(7-17)20-13(14)16-8-15-9-5-3-4-6-10(9)16/h2-6,8,11-13,17-19H,1,7H2/t11-,12-,13-,14-/m1/s1. The Morgan fingerprint density at radius 3 is 2.90 bits per heavy atom. The summed E-state index contributed by atoms with van der Waals surface area (Å²) in [5, 5.41) is 30.0. The van der Waals surface area contributed by atoms with E-state index < -0.39 is 24.0 Å². The quantitative estimate of drug-likeness (QED) is 0.697. The minimum Gasteiger partial charge on any atom is -0.394 e. The number of hydrogen-bond acceptors (Lipinski definition) is 5. The minimum atomic E-state index is -1.68. The van der Waals surface area contributed by atoms with Gasteiger partial charge in [0, 0.05) is 0 Å². The lowest BCUT2D eigenvalue weighted by atomic mass is 9.94. The van der Waals surface area contributed by atoms with Gasteiger partial charge in [0.2, 0.25) is 0 Å². The van der Waals surface area contributed by atoms with Crippen LogP contribution in [-0.4, -0.2) is 49.3 Å². The first-order valence-corrected chi connectivity index (χ1v) is 6.33. The summed E-state index contributed by atoms with van der Waals surface area (Å²) in [6, 6.07) is 7.39. The zero-order chi connectivity index (χ0) is 14.3. The fraction of sp³-hybridized carbons (Fsp3) is 0.357. The predicted molar refractivity (Wildman–Crippen MR) is 71.9 cm³/mol. The van der Waals surface area contributed by atoms with Crippen LogP contribution in [0.1, 0.15) is 6.23 Å². The van der Waals surface area contributed by atoms with Crippen molar-refractivity contribution in [1.82, 2.24) is 9.55 Å². The number of para-hydroxylation sites is 2. The zero-order valence-corrected chi connectivity index (χ0v) is 10.8. The molecule has 0 bridgehead atoms. The predicted octanol–water partition coefficient (Wildman–Crippen LogP) is 0.204. The molecule has 0 aliphatic carbocycles. The molecule has 0 saturated carbocycles. The maximum absolute atomic E-state index is 10.6. The van der Waals surface area contributed by atoms with Crippen molar-refractivity contribution in [2.24, 2.45) is 0 Å². The van der Waals surface area contributed by atoms with E-state index in [0.717, 1.165) is 11.0 Å². The second kappa shape index (κ2) is 4.68. The Labute approximate surface area is 115 Å². The van der Waals surface area contributed by atoms with E-state index in [1.54, 1.807) is 4.57 Å². The molecule has 1 aromatic carbocycles. The summed E-state index contributed by atoms with van der Waals surface area (Å²) in [6.07, 6.45) is -0.233. The SMILES string of the molecule is C=C[C@@]1(O)[C@H](O)[C@@H](CO)O[C@H]1n1cnc2ccccc21. The van der Waals surface area contributed by atoms with Crippen LogP contribution < -0.4 is 0 Å². The number of rotatable bonds is 3. The highest BCUT2D eigenvalue weighted by Crippen LogP contribution is 2.40. The molecule has 1 saturated heterocycles. The molecule has 6 nitrogen and oxygen atoms in total. The average molecular weight is 276 g/mol. The monoisotopic (exact) mass is 276 g/mol. The van der Waals surface area contributed by atoms with E-state index in [4.69, 9.17) is 4.74 Å². The molecule has 106 valence electrons. The van der Waals surface area contributed by atoms with Crippen LogP contribution in [0.3, 0.4) is 0 Å². The second-order valence-corrected chi connectivity index (χ2v) is 4.89. The number of ether oxygens (including phenoxy) is 1. The lowest BCUT2D eigenvalue weighted by molar-refractivity contribution is -0.0768. The molecule has 1 fully saturated rings. The summed E-state index contributed by atoms with van der Waals surface area (Å²) in [5.41, 5.74) is -0.162. The lowest BCUT2D eigenvalue weighted by Crippen LogP contribution is -2.45. The second-order valence-electron chi connectivity index (χ2n) is 4.89. The summed E-state index contributed by atoms with van der Waals surface area (Å²) in [6.45, 7) is 3.18. The third-order valence-corrected chi connectivity index (χ3v) is 3.77. The molecule has 3 N–H and O–H groups in total. The van der Waals surface area contributed by atoms with E-state index in [1.807, 2.05) is 24.3 Å². The number of fused-ring (bicyclic) bond motifs is 1. The van der Waals surface area contributed by atoms with Gasteiger partial charge in [0.1, 0.15) is 12.2 Å². The Kier molecular flexibility index (Phi) is 3.10. The fourth-order valence-electron chi connectivity index (χ4n) is 2.61. The number of nitrogens with zero attached hydrogens (tertiary/aromatic N) is 2. The first-order chi connectivity index (χ1) is 9.61. The summed E-state index contributed by atoms with van der Waals surface area (Å²) < 4.78 is 7.22. The molecule has 2 heterocycles. The topological polar surface area (TPSA) is 87.7 Å². The van der Waals surface area contributed by atoms with E-state index in [-0.39, 0.29) is 6.61 Å². The molecule has 3 rings (SSSR count). The third kappa shape index (κ3) is 1.70. The van der Waals surface area contributed by atoms with Gasteiger partial charge in [0.25, 0.3) is 0 Å². The Balaban J connectivity index is 2.11. The highest BCUT2D eigenvalue weighted by molar-refractivity contribution is 5.75. The van der Waals surface area contributed by atoms with Gasteiger partial charge in [0.15, 0.2) is 11.8 Å². The van der Waals surface area contributed by atoms with Crippen LogP contribution in [0.15, 0.2) is 43.2 Å². The van der Waals surface area contributed by atoms with Gasteiger partial charge in [-0.3, -0.25) is 0 Å². The van der Waals surface area contributed by atoms with Crippen molar-refractivity contribution in [3.8, 4) is 0 Å². The molecule has 0 radical (unpaired) electrons. The first kappa shape index (κ1) is 13.3. The third-order valence-electron chi connectivity index (χ3n) is 3.77. The van der Waals surface area contributed by atoms with Crippen molar-refractivity contribution in [3.05, 3.63) is 43.2 Å². The average Bonchev–Trinajstić information content (AvgIpc) is 3.00. The van der Waals surface area contributed by atoms with Gasteiger partial charge in [-0.25, -0.2) is 4.98 Å². The van der Waals surface area contributed by atoms with Crippen molar-refractivity contribution in [1.29, 1.82) is 0 Å². The van der Waals surface area contributed by atoms with E-state index in [2.05, 4.69) is 11.6 Å². The molecule has 4 atom stereocenters. The fourth-order valence-corrected chi connectivity index (χ4v) is 2.61.